The second-order valence-corrected chi connectivity index (χ2v) is 3.22. The van der Waals surface area contributed by atoms with Crippen molar-refractivity contribution in [3.63, 3.8) is 0 Å². The van der Waals surface area contributed by atoms with Crippen molar-refractivity contribution < 1.29 is 9.72 Å². The van der Waals surface area contributed by atoms with Crippen molar-refractivity contribution in [2.75, 3.05) is 0 Å². The fourth-order valence-electron chi connectivity index (χ4n) is 1.14. The van der Waals surface area contributed by atoms with Crippen LogP contribution in [0.15, 0.2) is 36.0 Å². The Morgan fingerprint density at radius 2 is 2.29 bits per heavy atom. The lowest BCUT2D eigenvalue weighted by Gasteiger charge is -2.03. The zero-order valence-electron chi connectivity index (χ0n) is 9.01. The minimum atomic E-state index is -0.575. The number of carbonyl (C=O) groups is 1. The van der Waals surface area contributed by atoms with Gasteiger partial charge in [-0.15, -0.1) is 0 Å². The van der Waals surface area contributed by atoms with Crippen LogP contribution < -0.4 is 5.32 Å². The average molecular weight is 231 g/mol. The number of rotatable bonds is 3. The lowest BCUT2D eigenvalue weighted by molar-refractivity contribution is -0.384. The summed E-state index contributed by atoms with van der Waals surface area (Å²) >= 11 is 0. The van der Waals surface area contributed by atoms with Crippen LogP contribution in [0.3, 0.4) is 0 Å². The zero-order valence-corrected chi connectivity index (χ0v) is 9.01. The van der Waals surface area contributed by atoms with Crippen molar-refractivity contribution in [2.45, 2.75) is 6.92 Å². The summed E-state index contributed by atoms with van der Waals surface area (Å²) in [6, 6.07) is 7.13. The molecule has 6 nitrogen and oxygen atoms in total. The van der Waals surface area contributed by atoms with Gasteiger partial charge >= 0.3 is 0 Å². The molecule has 1 aromatic carbocycles. The molecule has 0 fully saturated rings. The number of hydrogen-bond acceptors (Lipinski definition) is 4. The quantitative estimate of drug-likeness (QED) is 0.487. The van der Waals surface area contributed by atoms with Crippen molar-refractivity contribution in [3.05, 3.63) is 51.7 Å². The van der Waals surface area contributed by atoms with Crippen LogP contribution in [0.2, 0.25) is 0 Å². The number of nitrogens with one attached hydrogen (secondary N) is 1. The highest BCUT2D eigenvalue weighted by atomic mass is 16.6. The molecule has 86 valence electrons. The van der Waals surface area contributed by atoms with Crippen LogP contribution in [-0.2, 0) is 0 Å². The Morgan fingerprint density at radius 3 is 2.88 bits per heavy atom. The van der Waals surface area contributed by atoms with E-state index >= 15 is 0 Å². The molecule has 1 N–H and O–H groups in total. The summed E-state index contributed by atoms with van der Waals surface area (Å²) in [6.45, 7) is 1.55. The van der Waals surface area contributed by atoms with Gasteiger partial charge in [-0.3, -0.25) is 14.9 Å². The monoisotopic (exact) mass is 231 g/mol. The van der Waals surface area contributed by atoms with Gasteiger partial charge in [0.05, 0.1) is 11.0 Å². The second kappa shape index (κ2) is 5.42. The molecule has 1 aromatic rings. The molecule has 0 atom stereocenters. The fourth-order valence-corrected chi connectivity index (χ4v) is 1.14. The van der Waals surface area contributed by atoms with E-state index in [4.69, 9.17) is 5.26 Å². The zero-order chi connectivity index (χ0) is 12.8. The highest BCUT2D eigenvalue weighted by molar-refractivity contribution is 5.95. The van der Waals surface area contributed by atoms with Crippen LogP contribution >= 0.6 is 0 Å². The van der Waals surface area contributed by atoms with Crippen molar-refractivity contribution in [3.8, 4) is 6.07 Å². The molecule has 0 aliphatic heterocycles. The van der Waals surface area contributed by atoms with Gasteiger partial charge < -0.3 is 5.32 Å². The number of allylic oxidation sites excluding steroid dienone is 2. The molecular formula is C11H9N3O3. The predicted octanol–water partition coefficient (Wildman–Crippen LogP) is 1.75. The van der Waals surface area contributed by atoms with Crippen LogP contribution in [0.25, 0.3) is 0 Å². The Bertz CT molecular complexity index is 529. The van der Waals surface area contributed by atoms with Crippen LogP contribution in [0.5, 0.6) is 0 Å². The third kappa shape index (κ3) is 3.43. The largest absolute Gasteiger partial charge is 0.325 e. The minimum Gasteiger partial charge on any atom is -0.325 e. The summed E-state index contributed by atoms with van der Waals surface area (Å²) < 4.78 is 0. The van der Waals surface area contributed by atoms with Crippen molar-refractivity contribution in [2.24, 2.45) is 0 Å². The van der Waals surface area contributed by atoms with E-state index in [0.29, 0.717) is 5.70 Å². The molecular weight excluding hydrogens is 222 g/mol. The molecule has 6 heteroatoms. The SMILES string of the molecule is CC(=CC#N)NC(=O)c1cccc([N+](=O)[O-])c1. The van der Waals surface area contributed by atoms with Crippen molar-refractivity contribution in [1.82, 2.24) is 5.32 Å². The summed E-state index contributed by atoms with van der Waals surface area (Å²) in [5, 5.41) is 21.3. The highest BCUT2D eigenvalue weighted by Gasteiger charge is 2.11. The van der Waals surface area contributed by atoms with Gasteiger partial charge in [-0.2, -0.15) is 5.26 Å². The number of carbonyl (C=O) groups excluding carboxylic acids is 1. The molecule has 0 saturated carbocycles. The molecule has 1 rings (SSSR count). The van der Waals surface area contributed by atoms with Crippen LogP contribution in [0.1, 0.15) is 17.3 Å². The molecule has 17 heavy (non-hydrogen) atoms. The Balaban J connectivity index is 2.91. The predicted molar refractivity (Wildman–Crippen MR) is 59.9 cm³/mol. The molecule has 0 aliphatic carbocycles. The van der Waals surface area contributed by atoms with E-state index in [9.17, 15) is 14.9 Å². The van der Waals surface area contributed by atoms with Gasteiger partial charge in [-0.25, -0.2) is 0 Å². The Labute approximate surface area is 97.3 Å². The van der Waals surface area contributed by atoms with E-state index in [1.807, 2.05) is 0 Å². The first kappa shape index (κ1) is 12.4. The number of benzene rings is 1. The number of hydrogen-bond donors (Lipinski definition) is 1. The Kier molecular flexibility index (Phi) is 3.95. The lowest BCUT2D eigenvalue weighted by atomic mass is 10.2. The van der Waals surface area contributed by atoms with E-state index in [0.717, 1.165) is 0 Å². The van der Waals surface area contributed by atoms with E-state index in [1.54, 1.807) is 13.0 Å². The molecule has 0 heterocycles. The first-order valence-corrected chi connectivity index (χ1v) is 4.67. The number of nitro groups is 1. The van der Waals surface area contributed by atoms with Gasteiger partial charge in [0, 0.05) is 29.5 Å². The Hall–Kier alpha value is -2.68. The van der Waals surface area contributed by atoms with E-state index in [2.05, 4.69) is 5.32 Å². The van der Waals surface area contributed by atoms with E-state index in [-0.39, 0.29) is 11.3 Å². The maximum absolute atomic E-state index is 11.6. The molecule has 0 spiro atoms. The summed E-state index contributed by atoms with van der Waals surface area (Å²) in [7, 11) is 0. The van der Waals surface area contributed by atoms with Crippen LogP contribution in [0.4, 0.5) is 5.69 Å². The third-order valence-corrected chi connectivity index (χ3v) is 1.91. The van der Waals surface area contributed by atoms with Crippen molar-refractivity contribution in [1.29, 1.82) is 5.26 Å². The molecule has 0 saturated heterocycles. The molecule has 0 unspecified atom stereocenters. The Morgan fingerprint density at radius 1 is 1.59 bits per heavy atom. The normalized spacial score (nSPS) is 10.5. The fraction of sp³-hybridized carbons (Fsp3) is 0.0909. The topological polar surface area (TPSA) is 96.0 Å². The number of nitriles is 1. The first-order valence-electron chi connectivity index (χ1n) is 4.67. The van der Waals surface area contributed by atoms with Crippen LogP contribution in [0, 0.1) is 21.4 Å². The summed E-state index contributed by atoms with van der Waals surface area (Å²) in [4.78, 5) is 21.6. The van der Waals surface area contributed by atoms with Gasteiger partial charge in [0.25, 0.3) is 11.6 Å². The molecule has 0 aromatic heterocycles. The number of nitrogens with zero attached hydrogens (tertiary/aromatic N) is 2. The standard InChI is InChI=1S/C11H9N3O3/c1-8(5-6-12)13-11(15)9-3-2-4-10(7-9)14(16)17/h2-5,7H,1H3,(H,13,15). The van der Waals surface area contributed by atoms with E-state index in [1.165, 1.54) is 30.3 Å². The lowest BCUT2D eigenvalue weighted by Crippen LogP contribution is -2.21. The highest BCUT2D eigenvalue weighted by Crippen LogP contribution is 2.13. The molecule has 0 aliphatic rings. The first-order chi connectivity index (χ1) is 8.04. The minimum absolute atomic E-state index is 0.153. The smallest absolute Gasteiger partial charge is 0.270 e. The number of nitro benzene ring substituents is 1. The van der Waals surface area contributed by atoms with Gasteiger partial charge in [-0.05, 0) is 13.0 Å². The number of amides is 1. The third-order valence-electron chi connectivity index (χ3n) is 1.91. The molecule has 0 bridgehead atoms. The average Bonchev–Trinajstić information content (AvgIpc) is 2.29. The second-order valence-electron chi connectivity index (χ2n) is 3.22. The van der Waals surface area contributed by atoms with Crippen LogP contribution in [-0.4, -0.2) is 10.8 Å². The van der Waals surface area contributed by atoms with Crippen molar-refractivity contribution >= 4 is 11.6 Å². The van der Waals surface area contributed by atoms with Gasteiger partial charge in [-0.1, -0.05) is 6.07 Å². The summed E-state index contributed by atoms with van der Waals surface area (Å²) in [5.74, 6) is -0.488. The molecule has 0 radical (unpaired) electrons. The van der Waals surface area contributed by atoms with E-state index < -0.39 is 10.8 Å². The van der Waals surface area contributed by atoms with Gasteiger partial charge in [0.2, 0.25) is 0 Å². The summed E-state index contributed by atoms with van der Waals surface area (Å²) in [6.07, 6.45) is 1.18. The van der Waals surface area contributed by atoms with Gasteiger partial charge in [0.15, 0.2) is 0 Å². The van der Waals surface area contributed by atoms with Gasteiger partial charge in [0.1, 0.15) is 0 Å². The maximum Gasteiger partial charge on any atom is 0.270 e. The summed E-state index contributed by atoms with van der Waals surface area (Å²) in [5.41, 5.74) is 0.397. The maximum atomic E-state index is 11.6. The number of non-ortho nitro benzene ring substituents is 1. The molecule has 1 amide bonds.